The Hall–Kier alpha value is -3.97. The van der Waals surface area contributed by atoms with Crippen LogP contribution >= 0.6 is 0 Å². The van der Waals surface area contributed by atoms with Gasteiger partial charge in [-0.15, -0.1) is 0 Å². The van der Waals surface area contributed by atoms with Gasteiger partial charge in [-0.05, 0) is 29.8 Å². The number of halogens is 12. The molecule has 2 aromatic carbocycles. The standard InChI is InChI=1S/C22H12F12N2O3/c23-17(24,15(37)36-14-8-6-12(10-35)7-9-14)19(27,28)21(31,32)22(33,34)20(29,30)18(25,26)16(38)39-11-13-4-2-1-3-5-13/h1-9H,11H2,(H,36,37). The van der Waals surface area contributed by atoms with Crippen molar-refractivity contribution in [2.24, 2.45) is 0 Å². The summed E-state index contributed by atoms with van der Waals surface area (Å²) in [5, 5.41) is 9.51. The number of alkyl halides is 12. The maximum absolute atomic E-state index is 14.1. The number of rotatable bonds is 10. The van der Waals surface area contributed by atoms with E-state index >= 15 is 0 Å². The van der Waals surface area contributed by atoms with Crippen LogP contribution in [0.4, 0.5) is 58.4 Å². The number of nitriles is 1. The Bertz CT molecular complexity index is 1240. The smallest absolute Gasteiger partial charge is 0.410 e. The Labute approximate surface area is 210 Å². The van der Waals surface area contributed by atoms with Gasteiger partial charge < -0.3 is 10.1 Å². The molecule has 0 radical (unpaired) electrons. The van der Waals surface area contributed by atoms with E-state index in [2.05, 4.69) is 4.74 Å². The molecular formula is C22H12F12N2O3. The molecule has 0 aromatic heterocycles. The first-order valence-corrected chi connectivity index (χ1v) is 9.98. The van der Waals surface area contributed by atoms with Gasteiger partial charge in [-0.2, -0.15) is 57.9 Å². The highest BCUT2D eigenvalue weighted by Crippen LogP contribution is 2.60. The summed E-state index contributed by atoms with van der Waals surface area (Å²) in [4.78, 5) is 23.0. The molecule has 2 rings (SSSR count). The van der Waals surface area contributed by atoms with Crippen molar-refractivity contribution >= 4 is 17.6 Å². The van der Waals surface area contributed by atoms with Gasteiger partial charge in [0, 0.05) is 5.69 Å². The molecule has 0 aliphatic rings. The molecule has 0 fully saturated rings. The Morgan fingerprint density at radius 2 is 1.15 bits per heavy atom. The van der Waals surface area contributed by atoms with E-state index in [1.807, 2.05) is 0 Å². The number of ether oxygens (including phenoxy) is 1. The molecule has 0 heterocycles. The molecule has 0 spiro atoms. The maximum Gasteiger partial charge on any atom is 0.410 e. The lowest BCUT2D eigenvalue weighted by Crippen LogP contribution is -2.73. The molecule has 0 atom stereocenters. The predicted molar refractivity (Wildman–Crippen MR) is 106 cm³/mol. The number of carbonyl (C=O) groups excluding carboxylic acids is 2. The van der Waals surface area contributed by atoms with Gasteiger partial charge in [0.1, 0.15) is 6.61 Å². The lowest BCUT2D eigenvalue weighted by Gasteiger charge is -2.40. The molecule has 1 amide bonds. The van der Waals surface area contributed by atoms with Crippen molar-refractivity contribution < 1.29 is 67.0 Å². The third-order valence-corrected chi connectivity index (χ3v) is 5.00. The van der Waals surface area contributed by atoms with Crippen molar-refractivity contribution in [2.75, 3.05) is 5.32 Å². The molecular weight excluding hydrogens is 568 g/mol. The second-order valence-corrected chi connectivity index (χ2v) is 7.65. The van der Waals surface area contributed by atoms with Crippen LogP contribution in [0.2, 0.25) is 0 Å². The Kier molecular flexibility index (Phi) is 8.25. The minimum atomic E-state index is -8.07. The van der Waals surface area contributed by atoms with Gasteiger partial charge in [0.25, 0.3) is 0 Å². The van der Waals surface area contributed by atoms with Crippen LogP contribution in [0.15, 0.2) is 54.6 Å². The minimum absolute atomic E-state index is 0.165. The summed E-state index contributed by atoms with van der Waals surface area (Å²) in [7, 11) is 0. The van der Waals surface area contributed by atoms with E-state index in [1.54, 1.807) is 0 Å². The zero-order chi connectivity index (χ0) is 30.1. The lowest BCUT2D eigenvalue weighted by molar-refractivity contribution is -0.416. The quantitative estimate of drug-likeness (QED) is 0.274. The van der Waals surface area contributed by atoms with Crippen LogP contribution in [0.5, 0.6) is 0 Å². The number of esters is 1. The third kappa shape index (κ3) is 5.19. The van der Waals surface area contributed by atoms with E-state index in [-0.39, 0.29) is 11.1 Å². The van der Waals surface area contributed by atoms with Crippen LogP contribution in [0.25, 0.3) is 0 Å². The van der Waals surface area contributed by atoms with Gasteiger partial charge in [0.15, 0.2) is 0 Å². The molecule has 0 bridgehead atoms. The fraction of sp³-hybridized carbons (Fsp3) is 0.318. The van der Waals surface area contributed by atoms with Crippen molar-refractivity contribution in [2.45, 2.75) is 42.1 Å². The zero-order valence-corrected chi connectivity index (χ0v) is 18.6. The first-order valence-electron chi connectivity index (χ1n) is 9.98. The molecule has 2 aromatic rings. The Balaban J connectivity index is 2.37. The van der Waals surface area contributed by atoms with E-state index in [4.69, 9.17) is 5.26 Å². The molecule has 0 saturated carbocycles. The number of nitrogens with zero attached hydrogens (tertiary/aromatic N) is 1. The number of anilines is 1. The Morgan fingerprint density at radius 3 is 1.62 bits per heavy atom. The number of hydrogen-bond donors (Lipinski definition) is 1. The number of hydrogen-bond acceptors (Lipinski definition) is 4. The maximum atomic E-state index is 14.1. The van der Waals surface area contributed by atoms with E-state index < -0.39 is 59.7 Å². The second-order valence-electron chi connectivity index (χ2n) is 7.65. The summed E-state index contributed by atoms with van der Waals surface area (Å²) in [6.07, 6.45) is 0. The van der Waals surface area contributed by atoms with Crippen LogP contribution in [0.1, 0.15) is 11.1 Å². The molecule has 1 N–H and O–H groups in total. The van der Waals surface area contributed by atoms with Crippen molar-refractivity contribution in [1.82, 2.24) is 0 Å². The van der Waals surface area contributed by atoms with Crippen LogP contribution in [0.3, 0.4) is 0 Å². The first-order chi connectivity index (χ1) is 17.7. The molecule has 17 heteroatoms. The first kappa shape index (κ1) is 31.2. The molecule has 0 aliphatic carbocycles. The number of benzene rings is 2. The van der Waals surface area contributed by atoms with Crippen LogP contribution < -0.4 is 5.32 Å². The summed E-state index contributed by atoms with van der Waals surface area (Å²) in [5.74, 6) is -52.5. The second kappa shape index (κ2) is 10.3. The number of nitrogens with one attached hydrogen (secondary N) is 1. The average Bonchev–Trinajstić information content (AvgIpc) is 2.87. The van der Waals surface area contributed by atoms with E-state index in [0.29, 0.717) is 12.1 Å². The summed E-state index contributed by atoms with van der Waals surface area (Å²) in [6.45, 7) is -1.28. The van der Waals surface area contributed by atoms with Gasteiger partial charge in [-0.3, -0.25) is 4.79 Å². The molecule has 0 unspecified atom stereocenters. The number of amides is 1. The van der Waals surface area contributed by atoms with E-state index in [1.165, 1.54) is 24.3 Å². The molecule has 0 saturated heterocycles. The number of carbonyl (C=O) groups is 2. The van der Waals surface area contributed by atoms with Crippen LogP contribution in [-0.2, 0) is 20.9 Å². The van der Waals surface area contributed by atoms with E-state index in [0.717, 1.165) is 29.6 Å². The third-order valence-electron chi connectivity index (χ3n) is 5.00. The normalized spacial score (nSPS) is 13.4. The Morgan fingerprint density at radius 1 is 0.692 bits per heavy atom. The minimum Gasteiger partial charge on any atom is -0.456 e. The highest BCUT2D eigenvalue weighted by molar-refractivity contribution is 5.97. The SMILES string of the molecule is N#Cc1ccc(NC(=O)C(F)(F)C(F)(F)C(F)(F)C(F)(F)C(F)(F)C(F)(F)C(=O)OCc2ccccc2)cc1. The predicted octanol–water partition coefficient (Wildman–Crippen LogP) is 6.05. The van der Waals surface area contributed by atoms with Crippen molar-refractivity contribution in [1.29, 1.82) is 5.26 Å². The van der Waals surface area contributed by atoms with Gasteiger partial charge in [-0.25, -0.2) is 4.79 Å². The van der Waals surface area contributed by atoms with Gasteiger partial charge in [-0.1, -0.05) is 30.3 Å². The van der Waals surface area contributed by atoms with Crippen molar-refractivity contribution in [3.63, 3.8) is 0 Å². The van der Waals surface area contributed by atoms with Crippen molar-refractivity contribution in [3.05, 3.63) is 65.7 Å². The van der Waals surface area contributed by atoms with Crippen LogP contribution in [0, 0.1) is 11.3 Å². The van der Waals surface area contributed by atoms with Gasteiger partial charge in [0.05, 0.1) is 11.6 Å². The van der Waals surface area contributed by atoms with Gasteiger partial charge in [0.2, 0.25) is 0 Å². The fourth-order valence-electron chi connectivity index (χ4n) is 2.71. The van der Waals surface area contributed by atoms with Crippen molar-refractivity contribution in [3.8, 4) is 6.07 Å². The lowest BCUT2D eigenvalue weighted by atomic mass is 9.91. The largest absolute Gasteiger partial charge is 0.456 e. The average molecular weight is 580 g/mol. The zero-order valence-electron chi connectivity index (χ0n) is 18.6. The molecule has 0 aliphatic heterocycles. The summed E-state index contributed by atoms with van der Waals surface area (Å²) in [5.41, 5.74) is -1.20. The van der Waals surface area contributed by atoms with Crippen LogP contribution in [-0.4, -0.2) is 47.4 Å². The summed E-state index contributed by atoms with van der Waals surface area (Å²) >= 11 is 0. The topological polar surface area (TPSA) is 79.2 Å². The fourth-order valence-corrected chi connectivity index (χ4v) is 2.71. The molecule has 212 valence electrons. The van der Waals surface area contributed by atoms with Gasteiger partial charge >= 0.3 is 47.4 Å². The van der Waals surface area contributed by atoms with E-state index in [9.17, 15) is 62.3 Å². The summed E-state index contributed by atoms with van der Waals surface area (Å²) < 4.78 is 172. The molecule has 5 nitrogen and oxygen atoms in total. The molecule has 39 heavy (non-hydrogen) atoms. The highest BCUT2D eigenvalue weighted by Gasteiger charge is 2.92. The highest BCUT2D eigenvalue weighted by atomic mass is 19.4. The summed E-state index contributed by atoms with van der Waals surface area (Å²) in [6, 6.07) is 10.3. The monoisotopic (exact) mass is 580 g/mol.